The fourth-order valence-electron chi connectivity index (χ4n) is 2.35. The molecule has 1 amide bonds. The highest BCUT2D eigenvalue weighted by atomic mass is 79.9. The number of hydrogen-bond acceptors (Lipinski definition) is 2. The Morgan fingerprint density at radius 3 is 2.82 bits per heavy atom. The number of anilines is 1. The second-order valence-corrected chi connectivity index (χ2v) is 5.81. The highest BCUT2D eigenvalue weighted by Gasteiger charge is 2.09. The van der Waals surface area contributed by atoms with Gasteiger partial charge in [0, 0.05) is 32.8 Å². The fourth-order valence-corrected chi connectivity index (χ4v) is 2.83. The summed E-state index contributed by atoms with van der Waals surface area (Å²) in [6.07, 6.45) is 0.290. The molecule has 0 radical (unpaired) electrons. The Kier molecular flexibility index (Phi) is 4.15. The Hall–Kier alpha value is -2.27. The van der Waals surface area contributed by atoms with E-state index < -0.39 is 0 Å². The average molecular weight is 359 g/mol. The molecule has 0 bridgehead atoms. The smallest absolute Gasteiger partial charge is 0.230 e. The van der Waals surface area contributed by atoms with Crippen molar-refractivity contribution >= 4 is 38.4 Å². The van der Waals surface area contributed by atoms with Crippen molar-refractivity contribution in [1.82, 2.24) is 4.98 Å². The second kappa shape index (κ2) is 6.23. The topological polar surface area (TPSA) is 54.1 Å². The number of hydrogen-bond donors (Lipinski definition) is 2. The van der Waals surface area contributed by atoms with Gasteiger partial charge in [0.1, 0.15) is 5.75 Å². The molecule has 112 valence electrons. The van der Waals surface area contributed by atoms with Crippen LogP contribution in [0, 0.1) is 0 Å². The molecule has 2 aromatic carbocycles. The van der Waals surface area contributed by atoms with Gasteiger partial charge in [0.2, 0.25) is 5.91 Å². The summed E-state index contributed by atoms with van der Waals surface area (Å²) in [6.45, 7) is 0. The highest BCUT2D eigenvalue weighted by molar-refractivity contribution is 9.10. The predicted molar refractivity (Wildman–Crippen MR) is 91.3 cm³/mol. The molecule has 0 unspecified atom stereocenters. The van der Waals surface area contributed by atoms with Crippen LogP contribution in [0.4, 0.5) is 5.69 Å². The number of amides is 1. The number of rotatable bonds is 4. The molecule has 3 aromatic rings. The Morgan fingerprint density at radius 2 is 2.05 bits per heavy atom. The van der Waals surface area contributed by atoms with Crippen molar-refractivity contribution in [3.63, 3.8) is 0 Å². The van der Waals surface area contributed by atoms with E-state index >= 15 is 0 Å². The number of benzene rings is 2. The number of methoxy groups -OCH3 is 1. The maximum Gasteiger partial charge on any atom is 0.230 e. The Bertz CT molecular complexity index is 826. The van der Waals surface area contributed by atoms with Crippen molar-refractivity contribution in [3.8, 4) is 5.75 Å². The van der Waals surface area contributed by atoms with E-state index in [4.69, 9.17) is 4.74 Å². The van der Waals surface area contributed by atoms with E-state index in [1.807, 2.05) is 42.5 Å². The second-order valence-electron chi connectivity index (χ2n) is 4.95. The summed E-state index contributed by atoms with van der Waals surface area (Å²) in [4.78, 5) is 15.4. The summed E-state index contributed by atoms with van der Waals surface area (Å²) in [5, 5.41) is 3.95. The van der Waals surface area contributed by atoms with E-state index in [0.717, 1.165) is 26.8 Å². The van der Waals surface area contributed by atoms with Crippen molar-refractivity contribution in [1.29, 1.82) is 0 Å². The van der Waals surface area contributed by atoms with Gasteiger partial charge in [-0.3, -0.25) is 4.79 Å². The van der Waals surface area contributed by atoms with Crippen molar-refractivity contribution in [2.24, 2.45) is 0 Å². The number of nitrogens with one attached hydrogen (secondary N) is 2. The lowest BCUT2D eigenvalue weighted by atomic mass is 10.2. The van der Waals surface area contributed by atoms with Gasteiger partial charge in [0.15, 0.2) is 0 Å². The Labute approximate surface area is 136 Å². The molecule has 22 heavy (non-hydrogen) atoms. The van der Waals surface area contributed by atoms with Gasteiger partial charge >= 0.3 is 0 Å². The average Bonchev–Trinajstić information content (AvgIpc) is 2.91. The maximum absolute atomic E-state index is 12.2. The first-order valence-electron chi connectivity index (χ1n) is 6.86. The molecule has 0 aliphatic carbocycles. The molecule has 4 nitrogen and oxygen atoms in total. The first-order chi connectivity index (χ1) is 10.7. The van der Waals surface area contributed by atoms with Crippen LogP contribution in [-0.4, -0.2) is 18.0 Å². The summed E-state index contributed by atoms with van der Waals surface area (Å²) in [5.74, 6) is 0.642. The summed E-state index contributed by atoms with van der Waals surface area (Å²) < 4.78 is 6.16. The van der Waals surface area contributed by atoms with Crippen LogP contribution in [0.15, 0.2) is 53.0 Å². The van der Waals surface area contributed by atoms with E-state index in [1.165, 1.54) is 0 Å². The number of aromatic nitrogens is 1. The van der Waals surface area contributed by atoms with Gasteiger partial charge < -0.3 is 15.0 Å². The molecule has 2 N–H and O–H groups in total. The fraction of sp³-hybridized carbons (Fsp3) is 0.118. The quantitative estimate of drug-likeness (QED) is 0.736. The number of halogens is 1. The third kappa shape index (κ3) is 3.14. The first kappa shape index (κ1) is 14.7. The van der Waals surface area contributed by atoms with Crippen LogP contribution in [0.2, 0.25) is 0 Å². The van der Waals surface area contributed by atoms with Gasteiger partial charge in [-0.05, 0) is 30.3 Å². The normalized spacial score (nSPS) is 10.6. The number of aromatic amines is 1. The third-order valence-electron chi connectivity index (χ3n) is 3.37. The van der Waals surface area contributed by atoms with Crippen LogP contribution in [-0.2, 0) is 11.2 Å². The molecule has 0 aliphatic rings. The van der Waals surface area contributed by atoms with E-state index in [2.05, 4.69) is 26.2 Å². The maximum atomic E-state index is 12.2. The number of carbonyl (C=O) groups is 1. The molecule has 0 spiro atoms. The lowest BCUT2D eigenvalue weighted by Gasteiger charge is -2.06. The van der Waals surface area contributed by atoms with E-state index in [-0.39, 0.29) is 5.91 Å². The summed E-state index contributed by atoms with van der Waals surface area (Å²) in [7, 11) is 1.60. The van der Waals surface area contributed by atoms with Gasteiger partial charge in [0.05, 0.1) is 13.5 Å². The third-order valence-corrected chi connectivity index (χ3v) is 4.06. The molecule has 0 saturated heterocycles. The zero-order chi connectivity index (χ0) is 15.5. The van der Waals surface area contributed by atoms with E-state index in [1.54, 1.807) is 13.2 Å². The zero-order valence-electron chi connectivity index (χ0n) is 12.0. The Morgan fingerprint density at radius 1 is 1.23 bits per heavy atom. The van der Waals surface area contributed by atoms with Gasteiger partial charge in [-0.1, -0.05) is 28.1 Å². The lowest BCUT2D eigenvalue weighted by molar-refractivity contribution is -0.115. The Balaban J connectivity index is 1.74. The number of H-pyrrole nitrogens is 1. The van der Waals surface area contributed by atoms with Crippen LogP contribution >= 0.6 is 15.9 Å². The van der Waals surface area contributed by atoms with E-state index in [9.17, 15) is 4.79 Å². The monoisotopic (exact) mass is 358 g/mol. The molecule has 0 fully saturated rings. The van der Waals surface area contributed by atoms with E-state index in [0.29, 0.717) is 12.2 Å². The molecule has 1 aromatic heterocycles. The predicted octanol–water partition coefficient (Wildman–Crippen LogP) is 4.12. The van der Waals surface area contributed by atoms with Crippen molar-refractivity contribution in [3.05, 3.63) is 58.7 Å². The standard InChI is InChI=1S/C17H15BrN2O2/c1-22-13-5-2-4-11(8-13)20-17(21)10-12-9-14-15(18)6-3-7-16(14)19-12/h2-9,19H,10H2,1H3,(H,20,21). The molecule has 5 heteroatoms. The first-order valence-corrected chi connectivity index (χ1v) is 7.65. The minimum atomic E-state index is -0.0732. The number of fused-ring (bicyclic) bond motifs is 1. The molecule has 0 aliphatic heterocycles. The minimum absolute atomic E-state index is 0.0732. The molecule has 0 atom stereocenters. The van der Waals surface area contributed by atoms with Gasteiger partial charge in [-0.15, -0.1) is 0 Å². The number of ether oxygens (including phenoxy) is 1. The summed E-state index contributed by atoms with van der Waals surface area (Å²) in [5.41, 5.74) is 2.61. The lowest BCUT2D eigenvalue weighted by Crippen LogP contribution is -2.14. The van der Waals surface area contributed by atoms with Crippen LogP contribution in [0.5, 0.6) is 5.75 Å². The number of carbonyl (C=O) groups excluding carboxylic acids is 1. The van der Waals surface area contributed by atoms with Crippen LogP contribution in [0.25, 0.3) is 10.9 Å². The molecule has 1 heterocycles. The van der Waals surface area contributed by atoms with Crippen LogP contribution < -0.4 is 10.1 Å². The van der Waals surface area contributed by atoms with Gasteiger partial charge in [0.25, 0.3) is 0 Å². The van der Waals surface area contributed by atoms with Crippen molar-refractivity contribution in [2.45, 2.75) is 6.42 Å². The zero-order valence-corrected chi connectivity index (χ0v) is 13.6. The SMILES string of the molecule is COc1cccc(NC(=O)Cc2cc3c(Br)cccc3[nH]2)c1. The van der Waals surface area contributed by atoms with Crippen molar-refractivity contribution < 1.29 is 9.53 Å². The molecular formula is C17H15BrN2O2. The highest BCUT2D eigenvalue weighted by Crippen LogP contribution is 2.25. The van der Waals surface area contributed by atoms with Gasteiger partial charge in [-0.2, -0.15) is 0 Å². The van der Waals surface area contributed by atoms with Crippen LogP contribution in [0.3, 0.4) is 0 Å². The summed E-state index contributed by atoms with van der Waals surface area (Å²) in [6, 6.07) is 15.2. The molecule has 0 saturated carbocycles. The minimum Gasteiger partial charge on any atom is -0.497 e. The largest absolute Gasteiger partial charge is 0.497 e. The summed E-state index contributed by atoms with van der Waals surface area (Å²) >= 11 is 3.51. The van der Waals surface area contributed by atoms with Crippen LogP contribution in [0.1, 0.15) is 5.69 Å². The molecular weight excluding hydrogens is 344 g/mol. The van der Waals surface area contributed by atoms with Crippen molar-refractivity contribution in [2.75, 3.05) is 12.4 Å². The molecule has 3 rings (SSSR count). The van der Waals surface area contributed by atoms with Gasteiger partial charge in [-0.25, -0.2) is 0 Å².